The summed E-state index contributed by atoms with van der Waals surface area (Å²) in [6.45, 7) is 0. The summed E-state index contributed by atoms with van der Waals surface area (Å²) in [6.07, 6.45) is 0. The highest BCUT2D eigenvalue weighted by molar-refractivity contribution is 9.10. The highest BCUT2D eigenvalue weighted by atomic mass is 79.9. The summed E-state index contributed by atoms with van der Waals surface area (Å²) in [7, 11) is 1.20. The number of halogens is 1. The van der Waals surface area contributed by atoms with Crippen molar-refractivity contribution < 1.29 is 19.4 Å². The fourth-order valence-electron chi connectivity index (χ4n) is 0.816. The number of esters is 1. The molecule has 7 heteroatoms. The minimum absolute atomic E-state index is 0. The van der Waals surface area contributed by atoms with Crippen molar-refractivity contribution in [2.45, 2.75) is 0 Å². The molecule has 0 fully saturated rings. The zero-order valence-corrected chi connectivity index (χ0v) is 9.44. The molecule has 0 radical (unpaired) electrons. The SMILES string of the molecule is COC(=O)c1cc(Br)cc(C(=O)O)n1.N. The minimum Gasteiger partial charge on any atom is -0.477 e. The number of carboxylic acids is 1. The fourth-order valence-corrected chi connectivity index (χ4v) is 1.25. The first-order chi connectivity index (χ1) is 6.54. The molecule has 0 saturated heterocycles. The Morgan fingerprint density at radius 2 is 1.93 bits per heavy atom. The Labute approximate surface area is 94.0 Å². The van der Waals surface area contributed by atoms with Gasteiger partial charge in [0.2, 0.25) is 0 Å². The lowest BCUT2D eigenvalue weighted by Gasteiger charge is -2.00. The Bertz CT molecular complexity index is 394. The Morgan fingerprint density at radius 3 is 2.40 bits per heavy atom. The summed E-state index contributed by atoms with van der Waals surface area (Å²) in [5, 5.41) is 8.65. The second-order valence-electron chi connectivity index (χ2n) is 2.35. The number of hydrogen-bond acceptors (Lipinski definition) is 5. The van der Waals surface area contributed by atoms with Crippen LogP contribution >= 0.6 is 15.9 Å². The van der Waals surface area contributed by atoms with E-state index in [0.717, 1.165) is 0 Å². The van der Waals surface area contributed by atoms with E-state index in [0.29, 0.717) is 4.47 Å². The van der Waals surface area contributed by atoms with Crippen LogP contribution in [0.15, 0.2) is 16.6 Å². The van der Waals surface area contributed by atoms with Crippen molar-refractivity contribution in [3.63, 3.8) is 0 Å². The highest BCUT2D eigenvalue weighted by Gasteiger charge is 2.13. The van der Waals surface area contributed by atoms with Gasteiger partial charge in [0.25, 0.3) is 0 Å². The van der Waals surface area contributed by atoms with Crippen molar-refractivity contribution in [2.75, 3.05) is 7.11 Å². The Morgan fingerprint density at radius 1 is 1.40 bits per heavy atom. The molecule has 1 rings (SSSR count). The number of rotatable bonds is 2. The van der Waals surface area contributed by atoms with Crippen LogP contribution in [0.3, 0.4) is 0 Å². The maximum atomic E-state index is 11.0. The van der Waals surface area contributed by atoms with Gasteiger partial charge in [0.1, 0.15) is 11.4 Å². The van der Waals surface area contributed by atoms with Crippen molar-refractivity contribution in [1.82, 2.24) is 11.1 Å². The topological polar surface area (TPSA) is 111 Å². The maximum Gasteiger partial charge on any atom is 0.356 e. The summed E-state index contributed by atoms with van der Waals surface area (Å²) >= 11 is 3.07. The molecule has 0 atom stereocenters. The zero-order chi connectivity index (χ0) is 10.7. The number of carbonyl (C=O) groups excluding carboxylic acids is 1. The van der Waals surface area contributed by atoms with Gasteiger partial charge in [-0.3, -0.25) is 0 Å². The first-order valence-electron chi connectivity index (χ1n) is 3.54. The summed E-state index contributed by atoms with van der Waals surface area (Å²) in [6, 6.07) is 2.69. The van der Waals surface area contributed by atoms with Crippen LogP contribution in [0.25, 0.3) is 0 Å². The lowest BCUT2D eigenvalue weighted by molar-refractivity contribution is 0.0593. The molecular formula is C8H9BrN2O4. The molecule has 0 unspecified atom stereocenters. The third-order valence-corrected chi connectivity index (χ3v) is 1.86. The van der Waals surface area contributed by atoms with Gasteiger partial charge in [-0.1, -0.05) is 15.9 Å². The van der Waals surface area contributed by atoms with E-state index in [-0.39, 0.29) is 17.5 Å². The summed E-state index contributed by atoms with van der Waals surface area (Å²) in [4.78, 5) is 25.2. The van der Waals surface area contributed by atoms with Crippen LogP contribution in [-0.2, 0) is 4.74 Å². The van der Waals surface area contributed by atoms with Gasteiger partial charge < -0.3 is 16.0 Å². The van der Waals surface area contributed by atoms with Gasteiger partial charge in [-0.2, -0.15) is 0 Å². The summed E-state index contributed by atoms with van der Waals surface area (Å²) < 4.78 is 4.87. The second-order valence-corrected chi connectivity index (χ2v) is 3.27. The van der Waals surface area contributed by atoms with Crippen molar-refractivity contribution in [1.29, 1.82) is 0 Å². The number of carboxylic acid groups (broad SMARTS) is 1. The van der Waals surface area contributed by atoms with Crippen molar-refractivity contribution in [2.24, 2.45) is 0 Å². The van der Waals surface area contributed by atoms with E-state index in [1.165, 1.54) is 19.2 Å². The molecule has 1 aromatic heterocycles. The Hall–Kier alpha value is -1.47. The predicted octanol–water partition coefficient (Wildman–Crippen LogP) is 1.49. The number of hydrogen-bond donors (Lipinski definition) is 2. The van der Waals surface area contributed by atoms with Crippen molar-refractivity contribution in [3.8, 4) is 0 Å². The summed E-state index contributed by atoms with van der Waals surface area (Å²) in [5.74, 6) is -1.87. The van der Waals surface area contributed by atoms with Crippen LogP contribution in [0.5, 0.6) is 0 Å². The molecule has 0 spiro atoms. The largest absolute Gasteiger partial charge is 0.477 e. The van der Waals surface area contributed by atoms with Crippen LogP contribution in [0, 0.1) is 0 Å². The molecule has 82 valence electrons. The molecule has 4 N–H and O–H groups in total. The molecule has 1 aromatic rings. The van der Waals surface area contributed by atoms with Gasteiger partial charge in [-0.25, -0.2) is 14.6 Å². The third-order valence-electron chi connectivity index (χ3n) is 1.40. The fraction of sp³-hybridized carbons (Fsp3) is 0.125. The van der Waals surface area contributed by atoms with Gasteiger partial charge in [0.05, 0.1) is 7.11 Å². The monoisotopic (exact) mass is 276 g/mol. The quantitative estimate of drug-likeness (QED) is 0.792. The molecule has 0 aliphatic carbocycles. The van der Waals surface area contributed by atoms with Crippen LogP contribution in [-0.4, -0.2) is 29.1 Å². The van der Waals surface area contributed by atoms with Gasteiger partial charge >= 0.3 is 11.9 Å². The molecule has 1 heterocycles. The van der Waals surface area contributed by atoms with Crippen molar-refractivity contribution >= 4 is 27.9 Å². The molecule has 0 aliphatic heterocycles. The average molecular weight is 277 g/mol. The molecule has 0 aromatic carbocycles. The molecule has 0 aliphatic rings. The van der Waals surface area contributed by atoms with Crippen LogP contribution in [0.1, 0.15) is 21.0 Å². The lowest BCUT2D eigenvalue weighted by atomic mass is 10.3. The van der Waals surface area contributed by atoms with Gasteiger partial charge in [0.15, 0.2) is 0 Å². The summed E-state index contributed by atoms with van der Waals surface area (Å²) in [5.41, 5.74) is -0.251. The molecular weight excluding hydrogens is 268 g/mol. The first kappa shape index (κ1) is 13.5. The predicted molar refractivity (Wildman–Crippen MR) is 55.3 cm³/mol. The smallest absolute Gasteiger partial charge is 0.356 e. The second kappa shape index (κ2) is 5.42. The minimum atomic E-state index is -1.20. The molecule has 0 bridgehead atoms. The van der Waals surface area contributed by atoms with E-state index in [9.17, 15) is 9.59 Å². The van der Waals surface area contributed by atoms with Crippen LogP contribution in [0.2, 0.25) is 0 Å². The van der Waals surface area contributed by atoms with Crippen LogP contribution in [0.4, 0.5) is 0 Å². The number of aromatic carboxylic acids is 1. The number of carbonyl (C=O) groups is 2. The highest BCUT2D eigenvalue weighted by Crippen LogP contribution is 2.13. The molecule has 6 nitrogen and oxygen atoms in total. The number of pyridine rings is 1. The molecule has 0 saturated carbocycles. The van der Waals surface area contributed by atoms with Gasteiger partial charge in [-0.05, 0) is 12.1 Å². The van der Waals surface area contributed by atoms with Crippen molar-refractivity contribution in [3.05, 3.63) is 28.0 Å². The number of methoxy groups -OCH3 is 1. The van der Waals surface area contributed by atoms with E-state index in [4.69, 9.17) is 5.11 Å². The Kier molecular flexibility index (Phi) is 4.89. The molecule has 0 amide bonds. The standard InChI is InChI=1S/C8H6BrNO4.H3N/c1-14-8(13)6-3-4(9)2-5(10-6)7(11)12;/h2-3H,1H3,(H,11,12);1H3. The third kappa shape index (κ3) is 3.30. The molecule has 15 heavy (non-hydrogen) atoms. The van der Waals surface area contributed by atoms with E-state index < -0.39 is 11.9 Å². The maximum absolute atomic E-state index is 11.0. The first-order valence-corrected chi connectivity index (χ1v) is 4.33. The van der Waals surface area contributed by atoms with Gasteiger partial charge in [-0.15, -0.1) is 0 Å². The number of ether oxygens (including phenoxy) is 1. The van der Waals surface area contributed by atoms with E-state index in [1.54, 1.807) is 0 Å². The van der Waals surface area contributed by atoms with Crippen LogP contribution < -0.4 is 6.15 Å². The number of nitrogens with zero attached hydrogens (tertiary/aromatic N) is 1. The number of aromatic nitrogens is 1. The normalized spacial score (nSPS) is 8.93. The van der Waals surface area contributed by atoms with E-state index >= 15 is 0 Å². The van der Waals surface area contributed by atoms with E-state index in [1.807, 2.05) is 0 Å². The Balaban J connectivity index is 0.00000196. The van der Waals surface area contributed by atoms with E-state index in [2.05, 4.69) is 25.7 Å². The lowest BCUT2D eigenvalue weighted by Crippen LogP contribution is -2.09. The van der Waals surface area contributed by atoms with Gasteiger partial charge in [0, 0.05) is 4.47 Å². The average Bonchev–Trinajstić information content (AvgIpc) is 2.15. The zero-order valence-electron chi connectivity index (χ0n) is 7.86.